The highest BCUT2D eigenvalue weighted by molar-refractivity contribution is 6.12. The van der Waals surface area contributed by atoms with Gasteiger partial charge in [0.1, 0.15) is 36.2 Å². The molecule has 1 aromatic carbocycles. The lowest BCUT2D eigenvalue weighted by atomic mass is 10.0. The van der Waals surface area contributed by atoms with Gasteiger partial charge in [-0.15, -0.1) is 0 Å². The number of rotatable bonds is 21. The van der Waals surface area contributed by atoms with Crippen LogP contribution >= 0.6 is 0 Å². The predicted octanol–water partition coefficient (Wildman–Crippen LogP) is -2.48. The van der Waals surface area contributed by atoms with E-state index in [0.717, 1.165) is 9.47 Å². The number of ether oxygens (including phenoxy) is 1. The molecule has 1 fully saturated rings. The number of amides is 7. The number of aliphatic hydroxyl groups is 3. The van der Waals surface area contributed by atoms with Crippen LogP contribution in [0, 0.1) is 0 Å². The zero-order chi connectivity index (χ0) is 41.5. The molecule has 2 aliphatic heterocycles. The van der Waals surface area contributed by atoms with Crippen LogP contribution in [0.15, 0.2) is 59.5 Å². The molecule has 20 nitrogen and oxygen atoms in total. The summed E-state index contributed by atoms with van der Waals surface area (Å²) in [5, 5.41) is 42.1. The van der Waals surface area contributed by atoms with Crippen molar-refractivity contribution in [3.05, 3.63) is 70.8 Å². The normalized spacial score (nSPS) is 19.8. The average molecular weight is 797 g/mol. The summed E-state index contributed by atoms with van der Waals surface area (Å²) in [6.07, 6.45) is 0.561. The summed E-state index contributed by atoms with van der Waals surface area (Å²) < 4.78 is 6.22. The molecule has 308 valence electrons. The van der Waals surface area contributed by atoms with Crippen LogP contribution in [-0.4, -0.2) is 128 Å². The number of anilines is 1. The van der Waals surface area contributed by atoms with Crippen LogP contribution < -0.4 is 32.3 Å². The summed E-state index contributed by atoms with van der Waals surface area (Å²) in [4.78, 5) is 105. The third kappa shape index (κ3) is 12.9. The summed E-state index contributed by atoms with van der Waals surface area (Å²) in [5.74, 6) is -4.09. The fraction of sp³-hybridized carbons (Fsp3) is 0.486. The largest absolute Gasteiger partial charge is 0.394 e. The number of nitrogens with one attached hydrogen (secondary N) is 5. The van der Waals surface area contributed by atoms with Gasteiger partial charge < -0.3 is 46.6 Å². The quantitative estimate of drug-likeness (QED) is 0.0481. The molecule has 4 rings (SSSR count). The van der Waals surface area contributed by atoms with E-state index in [1.54, 1.807) is 37.3 Å². The molecule has 1 aromatic heterocycles. The van der Waals surface area contributed by atoms with Crippen LogP contribution in [0.4, 0.5) is 5.82 Å². The number of carbonyl (C=O) groups excluding carboxylic acids is 7. The standard InChI is InChI=1S/C37H48N8O12/c1-2-9-23(34(54)39-20-29(49)42-26-15-17-45(37(56)43-26)36-33(53)32(52)25(21-46)57-36)41-35(55)24(18-22-10-5-3-6-11-22)40-28(48)19-38-27(47)12-7-4-8-16-44-30(50)13-14-31(44)51/h3,5-6,10-11,13-15,17,23-25,32-33,36,46,52-53H,2,4,7-9,12,16,18-21H2,1H3,(H,38,47)(H,39,54)(H,40,48)(H,41,55)(H,42,43,49,56)/t23-,24-,25+,32?,33?,36+/m0/s1. The fourth-order valence-electron chi connectivity index (χ4n) is 6.05. The monoisotopic (exact) mass is 796 g/mol. The smallest absolute Gasteiger partial charge is 0.351 e. The van der Waals surface area contributed by atoms with Gasteiger partial charge in [0, 0.05) is 37.7 Å². The number of aliphatic hydroxyl groups excluding tert-OH is 3. The van der Waals surface area contributed by atoms with E-state index in [0.29, 0.717) is 31.2 Å². The molecule has 0 spiro atoms. The summed E-state index contributed by atoms with van der Waals surface area (Å²) in [6, 6.07) is 7.82. The van der Waals surface area contributed by atoms with E-state index in [4.69, 9.17) is 4.74 Å². The second kappa shape index (κ2) is 21.5. The molecule has 2 aromatic rings. The molecule has 0 saturated carbocycles. The first-order valence-corrected chi connectivity index (χ1v) is 18.5. The van der Waals surface area contributed by atoms with Crippen LogP contribution in [0.3, 0.4) is 0 Å². The molecule has 20 heteroatoms. The van der Waals surface area contributed by atoms with E-state index in [1.807, 2.05) is 0 Å². The van der Waals surface area contributed by atoms with Crippen molar-refractivity contribution in [3.63, 3.8) is 0 Å². The lowest BCUT2D eigenvalue weighted by molar-refractivity contribution is -0.137. The molecule has 0 aliphatic carbocycles. The number of hydrogen-bond donors (Lipinski definition) is 8. The van der Waals surface area contributed by atoms with E-state index in [1.165, 1.54) is 24.4 Å². The molecule has 2 unspecified atom stereocenters. The van der Waals surface area contributed by atoms with Crippen molar-refractivity contribution >= 4 is 47.2 Å². The number of carbonyl (C=O) groups is 7. The Labute approximate surface area is 327 Å². The molecule has 6 atom stereocenters. The van der Waals surface area contributed by atoms with Crippen molar-refractivity contribution < 1.29 is 53.6 Å². The van der Waals surface area contributed by atoms with Crippen LogP contribution in [-0.2, 0) is 44.7 Å². The molecule has 57 heavy (non-hydrogen) atoms. The van der Waals surface area contributed by atoms with E-state index >= 15 is 0 Å². The highest BCUT2D eigenvalue weighted by Crippen LogP contribution is 2.28. The zero-order valence-electron chi connectivity index (χ0n) is 31.3. The molecule has 0 bridgehead atoms. The van der Waals surface area contributed by atoms with Gasteiger partial charge in [-0.2, -0.15) is 4.98 Å². The Balaban J connectivity index is 1.26. The van der Waals surface area contributed by atoms with Gasteiger partial charge in [0.25, 0.3) is 11.8 Å². The van der Waals surface area contributed by atoms with Crippen LogP contribution in [0.5, 0.6) is 0 Å². The van der Waals surface area contributed by atoms with Gasteiger partial charge in [-0.1, -0.05) is 50.1 Å². The van der Waals surface area contributed by atoms with Gasteiger partial charge in [-0.25, -0.2) is 4.79 Å². The minimum absolute atomic E-state index is 0.0625. The number of aromatic nitrogens is 2. The third-order valence-electron chi connectivity index (χ3n) is 9.09. The van der Waals surface area contributed by atoms with Gasteiger partial charge >= 0.3 is 5.69 Å². The van der Waals surface area contributed by atoms with Crippen LogP contribution in [0.1, 0.15) is 57.2 Å². The van der Waals surface area contributed by atoms with Crippen molar-refractivity contribution in [3.8, 4) is 0 Å². The van der Waals surface area contributed by atoms with E-state index in [-0.39, 0.29) is 43.4 Å². The van der Waals surface area contributed by atoms with Crippen molar-refractivity contribution in [2.75, 3.05) is 31.6 Å². The maximum absolute atomic E-state index is 13.5. The number of hydrogen-bond acceptors (Lipinski definition) is 13. The summed E-state index contributed by atoms with van der Waals surface area (Å²) in [5.41, 5.74) is -0.224. The maximum atomic E-state index is 13.5. The number of benzene rings is 1. The average Bonchev–Trinajstić information content (AvgIpc) is 3.67. The Kier molecular flexibility index (Phi) is 16.5. The minimum Gasteiger partial charge on any atom is -0.394 e. The molecular weight excluding hydrogens is 748 g/mol. The minimum atomic E-state index is -1.52. The topological polar surface area (TPSA) is 288 Å². The molecule has 1 saturated heterocycles. The van der Waals surface area contributed by atoms with Crippen molar-refractivity contribution in [2.45, 2.75) is 88.5 Å². The summed E-state index contributed by atoms with van der Waals surface area (Å²) >= 11 is 0. The van der Waals surface area contributed by atoms with Crippen LogP contribution in [0.25, 0.3) is 0 Å². The van der Waals surface area contributed by atoms with Crippen molar-refractivity contribution in [1.29, 1.82) is 0 Å². The number of unbranched alkanes of at least 4 members (excludes halogenated alkanes) is 2. The first-order chi connectivity index (χ1) is 27.3. The number of nitrogens with zero attached hydrogens (tertiary/aromatic N) is 3. The molecule has 8 N–H and O–H groups in total. The first-order valence-electron chi connectivity index (χ1n) is 18.5. The van der Waals surface area contributed by atoms with Gasteiger partial charge in [0.2, 0.25) is 29.5 Å². The van der Waals surface area contributed by atoms with E-state index in [2.05, 4.69) is 31.6 Å². The fourth-order valence-corrected chi connectivity index (χ4v) is 6.05. The SMILES string of the molecule is CCC[C@H](NC(=O)[C@H](Cc1ccccc1)NC(=O)CNC(=O)CCCCCN1C(=O)C=CC1=O)C(=O)NCC(=O)Nc1ccn([C@@H]2O[C@H](CO)C(O)C2O)c(=O)n1. The van der Waals surface area contributed by atoms with Gasteiger partial charge in [0.05, 0.1) is 19.7 Å². The van der Waals surface area contributed by atoms with E-state index in [9.17, 15) is 53.7 Å². The molecule has 2 aliphatic rings. The van der Waals surface area contributed by atoms with Crippen LogP contribution in [0.2, 0.25) is 0 Å². The van der Waals surface area contributed by atoms with Gasteiger partial charge in [-0.05, 0) is 30.9 Å². The summed E-state index contributed by atoms with van der Waals surface area (Å²) in [6.45, 7) is 0.463. The Hall–Kier alpha value is -5.83. The van der Waals surface area contributed by atoms with Gasteiger partial charge in [-0.3, -0.25) is 43.0 Å². The maximum Gasteiger partial charge on any atom is 0.351 e. The van der Waals surface area contributed by atoms with Crippen molar-refractivity contribution in [1.82, 2.24) is 35.7 Å². The molecule has 0 radical (unpaired) electrons. The second-order valence-corrected chi connectivity index (χ2v) is 13.4. The Morgan fingerprint density at radius 1 is 0.825 bits per heavy atom. The molecule has 7 amide bonds. The zero-order valence-corrected chi connectivity index (χ0v) is 31.3. The second-order valence-electron chi connectivity index (χ2n) is 13.4. The van der Waals surface area contributed by atoms with Gasteiger partial charge in [0.15, 0.2) is 6.23 Å². The lowest BCUT2D eigenvalue weighted by Gasteiger charge is -2.23. The van der Waals surface area contributed by atoms with E-state index < -0.39 is 91.5 Å². The number of imide groups is 1. The molecule has 3 heterocycles. The predicted molar refractivity (Wildman–Crippen MR) is 199 cm³/mol. The molecular formula is C37H48N8O12. The Morgan fingerprint density at radius 2 is 1.53 bits per heavy atom. The summed E-state index contributed by atoms with van der Waals surface area (Å²) in [7, 11) is 0. The highest BCUT2D eigenvalue weighted by atomic mass is 16.6. The van der Waals surface area contributed by atoms with Crippen molar-refractivity contribution in [2.24, 2.45) is 0 Å². The Morgan fingerprint density at radius 3 is 2.18 bits per heavy atom. The Bertz CT molecular complexity index is 1840. The highest BCUT2D eigenvalue weighted by Gasteiger charge is 2.43. The first kappa shape index (κ1) is 43.9. The third-order valence-corrected chi connectivity index (χ3v) is 9.09. The lowest BCUT2D eigenvalue weighted by Crippen LogP contribution is -2.55.